The molecule has 1 rings (SSSR count). The third-order valence-corrected chi connectivity index (χ3v) is 2.51. The molecule has 0 aromatic carbocycles. The average Bonchev–Trinajstić information content (AvgIpc) is 2.27. The Balaban J connectivity index is 2.33. The normalized spacial score (nSPS) is 13.1. The van der Waals surface area contributed by atoms with Crippen molar-refractivity contribution in [2.75, 3.05) is 6.54 Å². The van der Waals surface area contributed by atoms with Crippen molar-refractivity contribution in [3.63, 3.8) is 0 Å². The Bertz CT molecular complexity index is 412. The van der Waals surface area contributed by atoms with Crippen LogP contribution in [-0.4, -0.2) is 23.0 Å². The molecule has 0 aliphatic heterocycles. The summed E-state index contributed by atoms with van der Waals surface area (Å²) in [6, 6.07) is 3.01. The first-order valence-electron chi connectivity index (χ1n) is 6.44. The third-order valence-electron chi connectivity index (χ3n) is 2.51. The molecule has 106 valence electrons. The molecular weight excluding hydrogens is 245 g/mol. The molecule has 19 heavy (non-hydrogen) atoms. The van der Waals surface area contributed by atoms with E-state index in [0.717, 1.165) is 5.69 Å². The Morgan fingerprint density at radius 1 is 1.42 bits per heavy atom. The second-order valence-electron chi connectivity index (χ2n) is 5.63. The Morgan fingerprint density at radius 3 is 2.63 bits per heavy atom. The minimum absolute atomic E-state index is 0.0111. The van der Waals surface area contributed by atoms with Gasteiger partial charge in [0.05, 0.1) is 11.9 Å². The zero-order valence-electron chi connectivity index (χ0n) is 12.0. The Labute approximate surface area is 113 Å². The zero-order chi connectivity index (χ0) is 14.5. The lowest BCUT2D eigenvalue weighted by Gasteiger charge is -2.21. The summed E-state index contributed by atoms with van der Waals surface area (Å²) in [7, 11) is 0. The molecule has 1 aromatic rings. The van der Waals surface area contributed by atoms with Crippen LogP contribution < -0.4 is 10.6 Å². The van der Waals surface area contributed by atoms with Crippen LogP contribution >= 0.6 is 0 Å². The van der Waals surface area contributed by atoms with Crippen LogP contribution in [0.4, 0.5) is 4.39 Å². The summed E-state index contributed by atoms with van der Waals surface area (Å²) in [6.45, 7) is 8.33. The predicted octanol–water partition coefficient (Wildman–Crippen LogP) is 2.18. The fraction of sp³-hybridized carbons (Fsp3) is 0.571. The fourth-order valence-corrected chi connectivity index (χ4v) is 1.63. The highest BCUT2D eigenvalue weighted by Crippen LogP contribution is 2.09. The zero-order valence-corrected chi connectivity index (χ0v) is 12.0. The lowest BCUT2D eigenvalue weighted by atomic mass is 10.1. The van der Waals surface area contributed by atoms with Crippen LogP contribution in [0, 0.1) is 5.82 Å². The maximum Gasteiger partial charge on any atom is 0.221 e. The molecule has 0 bridgehead atoms. The molecule has 5 heteroatoms. The first-order chi connectivity index (χ1) is 8.78. The number of amides is 1. The van der Waals surface area contributed by atoms with E-state index in [9.17, 15) is 9.18 Å². The van der Waals surface area contributed by atoms with Crippen LogP contribution in [0.15, 0.2) is 18.3 Å². The van der Waals surface area contributed by atoms with E-state index in [1.807, 2.05) is 27.7 Å². The van der Waals surface area contributed by atoms with Gasteiger partial charge in [0.15, 0.2) is 0 Å². The number of carbonyl (C=O) groups excluding carboxylic acids is 1. The number of nitrogens with zero attached hydrogens (tertiary/aromatic N) is 1. The summed E-state index contributed by atoms with van der Waals surface area (Å²) in [5.74, 6) is -0.334. The number of hydrogen-bond donors (Lipinski definition) is 2. The van der Waals surface area contributed by atoms with E-state index >= 15 is 0 Å². The Hall–Kier alpha value is -1.49. The summed E-state index contributed by atoms with van der Waals surface area (Å²) in [4.78, 5) is 15.6. The predicted molar refractivity (Wildman–Crippen MR) is 73.1 cm³/mol. The van der Waals surface area contributed by atoms with Crippen molar-refractivity contribution in [1.29, 1.82) is 0 Å². The molecule has 2 N–H and O–H groups in total. The SMILES string of the molecule is CC(NCCC(=O)NC(C)(C)C)c1ccc(F)cn1. The van der Waals surface area contributed by atoms with Crippen molar-refractivity contribution in [3.8, 4) is 0 Å². The van der Waals surface area contributed by atoms with Gasteiger partial charge in [-0.1, -0.05) is 0 Å². The quantitative estimate of drug-likeness (QED) is 0.859. The van der Waals surface area contributed by atoms with E-state index in [2.05, 4.69) is 15.6 Å². The highest BCUT2D eigenvalue weighted by atomic mass is 19.1. The maximum atomic E-state index is 12.7. The van der Waals surface area contributed by atoms with Gasteiger partial charge in [0.2, 0.25) is 5.91 Å². The van der Waals surface area contributed by atoms with E-state index in [-0.39, 0.29) is 23.3 Å². The number of pyridine rings is 1. The van der Waals surface area contributed by atoms with Crippen molar-refractivity contribution in [3.05, 3.63) is 29.8 Å². The van der Waals surface area contributed by atoms with Crippen LogP contribution in [0.5, 0.6) is 0 Å². The summed E-state index contributed by atoms with van der Waals surface area (Å²) >= 11 is 0. The third kappa shape index (κ3) is 6.29. The minimum atomic E-state index is -0.347. The number of hydrogen-bond acceptors (Lipinski definition) is 3. The topological polar surface area (TPSA) is 54.0 Å². The molecule has 0 aliphatic carbocycles. The molecule has 0 saturated carbocycles. The average molecular weight is 267 g/mol. The number of carbonyl (C=O) groups is 1. The van der Waals surface area contributed by atoms with Gasteiger partial charge >= 0.3 is 0 Å². The van der Waals surface area contributed by atoms with Gasteiger partial charge in [0, 0.05) is 24.5 Å². The molecule has 0 saturated heterocycles. The fourth-order valence-electron chi connectivity index (χ4n) is 1.63. The van der Waals surface area contributed by atoms with Gasteiger partial charge in [0.1, 0.15) is 5.82 Å². The highest BCUT2D eigenvalue weighted by Gasteiger charge is 2.13. The number of aromatic nitrogens is 1. The monoisotopic (exact) mass is 267 g/mol. The molecule has 1 atom stereocenters. The molecule has 4 nitrogen and oxygen atoms in total. The van der Waals surface area contributed by atoms with E-state index in [4.69, 9.17) is 0 Å². The summed E-state index contributed by atoms with van der Waals surface area (Å²) in [6.07, 6.45) is 1.60. The lowest BCUT2D eigenvalue weighted by molar-refractivity contribution is -0.122. The van der Waals surface area contributed by atoms with E-state index in [1.165, 1.54) is 12.3 Å². The van der Waals surface area contributed by atoms with E-state index < -0.39 is 0 Å². The Morgan fingerprint density at radius 2 is 2.11 bits per heavy atom. The van der Waals surface area contributed by atoms with Gasteiger partial charge < -0.3 is 10.6 Å². The molecule has 0 radical (unpaired) electrons. The smallest absolute Gasteiger partial charge is 0.221 e. The summed E-state index contributed by atoms with van der Waals surface area (Å²) in [5.41, 5.74) is 0.555. The lowest BCUT2D eigenvalue weighted by Crippen LogP contribution is -2.41. The second-order valence-corrected chi connectivity index (χ2v) is 5.63. The van der Waals surface area contributed by atoms with Crippen molar-refractivity contribution < 1.29 is 9.18 Å². The van der Waals surface area contributed by atoms with Gasteiger partial charge in [0.25, 0.3) is 0 Å². The van der Waals surface area contributed by atoms with Crippen molar-refractivity contribution in [1.82, 2.24) is 15.6 Å². The molecule has 1 heterocycles. The Kier molecular flexibility index (Phi) is 5.42. The summed E-state index contributed by atoms with van der Waals surface area (Å²) < 4.78 is 12.7. The van der Waals surface area contributed by atoms with Crippen LogP contribution in [0.25, 0.3) is 0 Å². The van der Waals surface area contributed by atoms with Crippen LogP contribution in [-0.2, 0) is 4.79 Å². The van der Waals surface area contributed by atoms with Crippen LogP contribution in [0.1, 0.15) is 45.9 Å². The molecule has 1 aromatic heterocycles. The number of rotatable bonds is 5. The molecule has 0 fully saturated rings. The van der Waals surface area contributed by atoms with Crippen molar-refractivity contribution >= 4 is 5.91 Å². The van der Waals surface area contributed by atoms with E-state index in [1.54, 1.807) is 6.07 Å². The van der Waals surface area contributed by atoms with Crippen LogP contribution in [0.2, 0.25) is 0 Å². The van der Waals surface area contributed by atoms with E-state index in [0.29, 0.717) is 13.0 Å². The van der Waals surface area contributed by atoms with Gasteiger partial charge in [-0.25, -0.2) is 4.39 Å². The largest absolute Gasteiger partial charge is 0.351 e. The number of nitrogens with one attached hydrogen (secondary N) is 2. The molecule has 1 amide bonds. The summed E-state index contributed by atoms with van der Waals surface area (Å²) in [5, 5.41) is 6.09. The second kappa shape index (κ2) is 6.61. The number of halogens is 1. The molecule has 0 spiro atoms. The van der Waals surface area contributed by atoms with Gasteiger partial charge in [-0.05, 0) is 39.8 Å². The van der Waals surface area contributed by atoms with Gasteiger partial charge in [-0.15, -0.1) is 0 Å². The van der Waals surface area contributed by atoms with Crippen molar-refractivity contribution in [2.45, 2.75) is 45.7 Å². The van der Waals surface area contributed by atoms with Gasteiger partial charge in [-0.2, -0.15) is 0 Å². The maximum absolute atomic E-state index is 12.7. The first-order valence-corrected chi connectivity index (χ1v) is 6.44. The molecule has 1 unspecified atom stereocenters. The van der Waals surface area contributed by atoms with Crippen molar-refractivity contribution in [2.24, 2.45) is 0 Å². The van der Waals surface area contributed by atoms with Gasteiger partial charge in [-0.3, -0.25) is 9.78 Å². The highest BCUT2D eigenvalue weighted by molar-refractivity contribution is 5.76. The molecule has 0 aliphatic rings. The molecular formula is C14H22FN3O. The standard InChI is InChI=1S/C14H22FN3O/c1-10(12-6-5-11(15)9-17-12)16-8-7-13(19)18-14(2,3)4/h5-6,9-10,16H,7-8H2,1-4H3,(H,18,19). The minimum Gasteiger partial charge on any atom is -0.351 e. The van der Waals surface area contributed by atoms with Crippen LogP contribution in [0.3, 0.4) is 0 Å². The first kappa shape index (κ1) is 15.6.